The van der Waals surface area contributed by atoms with Crippen molar-refractivity contribution >= 4 is 10.1 Å². The molecule has 2 aromatic carbocycles. The zero-order valence-electron chi connectivity index (χ0n) is 15.7. The van der Waals surface area contributed by atoms with Crippen molar-refractivity contribution < 1.29 is 17.9 Å². The molecule has 0 atom stereocenters. The Kier molecular flexibility index (Phi) is 6.58. The van der Waals surface area contributed by atoms with Crippen LogP contribution in [-0.4, -0.2) is 4.40 Å². The van der Waals surface area contributed by atoms with Crippen molar-refractivity contribution in [1.82, 2.24) is 0 Å². The van der Waals surface area contributed by atoms with Gasteiger partial charge in [0.25, 0.3) is 0 Å². The molecular formula is C22H29MoN. The summed E-state index contributed by atoms with van der Waals surface area (Å²) in [6, 6.07) is 17.2. The monoisotopic (exact) mass is 405 g/mol. The van der Waals surface area contributed by atoms with E-state index in [0.29, 0.717) is 11.8 Å². The van der Waals surface area contributed by atoms with Gasteiger partial charge in [0.2, 0.25) is 0 Å². The summed E-state index contributed by atoms with van der Waals surface area (Å²) in [5.74, 6) is 1.08. The molecule has 0 aromatic heterocycles. The molecule has 0 aliphatic carbocycles. The van der Waals surface area contributed by atoms with Crippen molar-refractivity contribution in [3.8, 4) is 0 Å². The van der Waals surface area contributed by atoms with Crippen molar-refractivity contribution in [3.05, 3.63) is 65.2 Å². The summed E-state index contributed by atoms with van der Waals surface area (Å²) in [6.07, 6.45) is 0. The van der Waals surface area contributed by atoms with Gasteiger partial charge in [-0.15, -0.1) is 0 Å². The van der Waals surface area contributed by atoms with Crippen LogP contribution in [0.3, 0.4) is 0 Å². The van der Waals surface area contributed by atoms with Gasteiger partial charge in [-0.05, 0) is 0 Å². The number of benzene rings is 2. The quantitative estimate of drug-likeness (QED) is 0.498. The molecule has 2 aromatic rings. The van der Waals surface area contributed by atoms with Gasteiger partial charge in [-0.1, -0.05) is 0 Å². The van der Waals surface area contributed by atoms with Gasteiger partial charge in [0.1, 0.15) is 0 Å². The van der Waals surface area contributed by atoms with E-state index in [0.717, 1.165) is 5.69 Å². The predicted molar refractivity (Wildman–Crippen MR) is 102 cm³/mol. The Labute approximate surface area is 155 Å². The van der Waals surface area contributed by atoms with E-state index in [1.807, 2.05) is 6.07 Å². The summed E-state index contributed by atoms with van der Waals surface area (Å²) >= 11 is -0.529. The molecule has 1 nitrogen and oxygen atoms in total. The molecule has 128 valence electrons. The number of hydrogen-bond acceptors (Lipinski definition) is 1. The topological polar surface area (TPSA) is 12.4 Å². The Morgan fingerprint density at radius 2 is 1.38 bits per heavy atom. The summed E-state index contributed by atoms with van der Waals surface area (Å²) in [5, 5.41) is 0. The Morgan fingerprint density at radius 1 is 0.833 bits per heavy atom. The molecule has 0 aliphatic rings. The Balaban J connectivity index is 2.50. The molecule has 24 heavy (non-hydrogen) atoms. The summed E-state index contributed by atoms with van der Waals surface area (Å²) in [6.45, 7) is 13.9. The van der Waals surface area contributed by atoms with E-state index in [4.69, 9.17) is 3.50 Å². The first kappa shape index (κ1) is 19.1. The van der Waals surface area contributed by atoms with Crippen LogP contribution in [0, 0.1) is 0 Å². The van der Waals surface area contributed by atoms with Gasteiger partial charge in [-0.3, -0.25) is 0 Å². The van der Waals surface area contributed by atoms with E-state index in [1.54, 1.807) is 0 Å². The van der Waals surface area contributed by atoms with Crippen molar-refractivity contribution in [2.24, 2.45) is 3.50 Å². The molecule has 0 saturated carbocycles. The molecule has 0 N–H and O–H groups in total. The summed E-state index contributed by atoms with van der Waals surface area (Å²) in [5.41, 5.74) is 5.64. The number of nitrogens with zero attached hydrogens (tertiary/aromatic N) is 1. The van der Waals surface area contributed by atoms with Crippen molar-refractivity contribution in [2.75, 3.05) is 0 Å². The van der Waals surface area contributed by atoms with Gasteiger partial charge in [-0.25, -0.2) is 0 Å². The van der Waals surface area contributed by atoms with Crippen LogP contribution >= 0.6 is 0 Å². The van der Waals surface area contributed by atoms with Crippen LogP contribution in [0.5, 0.6) is 0 Å². The summed E-state index contributed by atoms with van der Waals surface area (Å²) in [7, 11) is 0. The van der Waals surface area contributed by atoms with Crippen LogP contribution in [0.15, 0.2) is 52.0 Å². The van der Waals surface area contributed by atoms with Gasteiger partial charge >= 0.3 is 156 Å². The van der Waals surface area contributed by atoms with E-state index < -0.39 is 17.9 Å². The molecule has 0 saturated heterocycles. The van der Waals surface area contributed by atoms with Crippen LogP contribution in [0.25, 0.3) is 0 Å². The molecule has 0 unspecified atom stereocenters. The zero-order valence-corrected chi connectivity index (χ0v) is 17.7. The van der Waals surface area contributed by atoms with Gasteiger partial charge in [0.15, 0.2) is 0 Å². The Hall–Kier alpha value is -1.20. The Morgan fingerprint density at radius 3 is 1.88 bits per heavy atom. The first-order valence-corrected chi connectivity index (χ1v) is 10.8. The second-order valence-corrected chi connectivity index (χ2v) is 9.04. The van der Waals surface area contributed by atoms with Gasteiger partial charge in [0.05, 0.1) is 0 Å². The minimum absolute atomic E-state index is 0.0565. The second-order valence-electron chi connectivity index (χ2n) is 7.49. The van der Waals surface area contributed by atoms with E-state index >= 15 is 0 Å². The maximum atomic E-state index is 4.84. The molecule has 0 fully saturated rings. The normalized spacial score (nSPS) is 11.7. The maximum absolute atomic E-state index is 4.84. The molecule has 0 amide bonds. The average Bonchev–Trinajstić information content (AvgIpc) is 2.54. The molecule has 0 radical (unpaired) electrons. The molecule has 2 rings (SSSR count). The first-order chi connectivity index (χ1) is 11.3. The third-order valence-electron chi connectivity index (χ3n) is 4.28. The van der Waals surface area contributed by atoms with Gasteiger partial charge in [-0.2, -0.15) is 0 Å². The van der Waals surface area contributed by atoms with Gasteiger partial charge < -0.3 is 0 Å². The number of hydrogen-bond donors (Lipinski definition) is 0. The van der Waals surface area contributed by atoms with E-state index in [9.17, 15) is 0 Å². The third-order valence-corrected chi connectivity index (χ3v) is 6.76. The van der Waals surface area contributed by atoms with E-state index in [2.05, 4.69) is 88.4 Å². The van der Waals surface area contributed by atoms with Crippen LogP contribution in [0.2, 0.25) is 0 Å². The van der Waals surface area contributed by atoms with Crippen molar-refractivity contribution in [2.45, 2.75) is 58.8 Å². The fourth-order valence-electron chi connectivity index (χ4n) is 3.06. The Bertz CT molecular complexity index is 710. The fraction of sp³-hybridized carbons (Fsp3) is 0.409. The SMILES string of the molecule is CC(C)c1cccc(C(C)C)c1C(C)(C)[CH]=[Mo]=[N]c1ccccc1. The zero-order chi connectivity index (χ0) is 17.7. The molecule has 0 heterocycles. The van der Waals surface area contributed by atoms with Crippen molar-refractivity contribution in [1.29, 1.82) is 0 Å². The molecular weight excluding hydrogens is 374 g/mol. The third kappa shape index (κ3) is 4.67. The summed E-state index contributed by atoms with van der Waals surface area (Å²) in [4.78, 5) is 0. The second kappa shape index (κ2) is 8.25. The van der Waals surface area contributed by atoms with E-state index in [-0.39, 0.29) is 5.41 Å². The standard InChI is InChI=1S/C16H24.C6H5N.Mo/c1-11(2)13-9-8-10-14(12(3)4)15(13)16(5,6)7;7-6-4-2-1-3-5-6;/h5,8-12H,1-4,6-7H3;1-5H;. The molecule has 0 bridgehead atoms. The average molecular weight is 403 g/mol. The van der Waals surface area contributed by atoms with Crippen molar-refractivity contribution in [3.63, 3.8) is 0 Å². The van der Waals surface area contributed by atoms with E-state index in [1.165, 1.54) is 16.7 Å². The van der Waals surface area contributed by atoms with Gasteiger partial charge in [0, 0.05) is 0 Å². The predicted octanol–water partition coefficient (Wildman–Crippen LogP) is 6.61. The first-order valence-electron chi connectivity index (χ1n) is 8.72. The molecule has 0 aliphatic heterocycles. The number of rotatable bonds is 5. The van der Waals surface area contributed by atoms with Crippen LogP contribution in [0.1, 0.15) is 70.1 Å². The molecule has 0 spiro atoms. The fourth-order valence-corrected chi connectivity index (χ4v) is 4.73. The van der Waals surface area contributed by atoms with Crippen LogP contribution in [0.4, 0.5) is 5.69 Å². The summed E-state index contributed by atoms with van der Waals surface area (Å²) < 4.78 is 7.32. The minimum atomic E-state index is -0.529. The molecule has 2 heteroatoms. The van der Waals surface area contributed by atoms with Crippen LogP contribution in [-0.2, 0) is 23.3 Å². The van der Waals surface area contributed by atoms with Crippen LogP contribution < -0.4 is 0 Å².